The number of fused-ring (bicyclic) bond motifs is 1. The molecule has 4 rings (SSSR count). The number of piperazine rings is 1. The highest BCUT2D eigenvalue weighted by molar-refractivity contribution is 9.10. The predicted molar refractivity (Wildman–Crippen MR) is 118 cm³/mol. The maximum atomic E-state index is 14.2. The van der Waals surface area contributed by atoms with E-state index in [-0.39, 0.29) is 47.9 Å². The Labute approximate surface area is 185 Å². The zero-order valence-electron chi connectivity index (χ0n) is 15.7. The van der Waals surface area contributed by atoms with Gasteiger partial charge in [-0.2, -0.15) is 0 Å². The molecular formula is C21H17BrFN3O3S. The molecule has 1 saturated heterocycles. The van der Waals surface area contributed by atoms with Gasteiger partial charge in [-0.05, 0) is 18.2 Å². The van der Waals surface area contributed by atoms with Gasteiger partial charge in [0.05, 0.1) is 16.0 Å². The Morgan fingerprint density at radius 2 is 1.83 bits per heavy atom. The molecule has 0 saturated carbocycles. The molecule has 2 heterocycles. The molecule has 30 heavy (non-hydrogen) atoms. The summed E-state index contributed by atoms with van der Waals surface area (Å²) in [5.74, 6) is -2.22. The van der Waals surface area contributed by atoms with Crippen molar-refractivity contribution in [2.75, 3.05) is 26.2 Å². The number of benzene rings is 1. The Hall–Kier alpha value is -2.65. The molecule has 2 aliphatic rings. The predicted octanol–water partition coefficient (Wildman–Crippen LogP) is 2.79. The minimum absolute atomic E-state index is 0.0134. The van der Waals surface area contributed by atoms with Crippen molar-refractivity contribution in [2.45, 2.75) is 4.83 Å². The smallest absolute Gasteiger partial charge is 0.295 e. The standard InChI is InChI=1S/C21H17BrFN3O3S/c22-14-4-1-3-12(19(14)30)20(28)25-7-9-26(10-8-25)21(29)18(27)13-11-24-16-6-2-5-15(23)17(13)16/h1-6,11,14,24H,7-10H2. The summed E-state index contributed by atoms with van der Waals surface area (Å²) in [6.07, 6.45) is 6.68. The highest BCUT2D eigenvalue weighted by Gasteiger charge is 2.32. The summed E-state index contributed by atoms with van der Waals surface area (Å²) >= 11 is 8.75. The lowest BCUT2D eigenvalue weighted by Gasteiger charge is -2.35. The molecule has 1 fully saturated rings. The molecular weight excluding hydrogens is 473 g/mol. The van der Waals surface area contributed by atoms with Crippen molar-refractivity contribution < 1.29 is 18.8 Å². The number of H-pyrrole nitrogens is 1. The van der Waals surface area contributed by atoms with Crippen molar-refractivity contribution in [1.29, 1.82) is 0 Å². The minimum atomic E-state index is -0.769. The van der Waals surface area contributed by atoms with Gasteiger partial charge in [0.2, 0.25) is 0 Å². The van der Waals surface area contributed by atoms with Crippen molar-refractivity contribution in [3.05, 3.63) is 59.6 Å². The van der Waals surface area contributed by atoms with Crippen LogP contribution in [0.25, 0.3) is 10.9 Å². The minimum Gasteiger partial charge on any atom is -0.360 e. The number of amides is 2. The number of nitrogens with one attached hydrogen (secondary N) is 1. The lowest BCUT2D eigenvalue weighted by Crippen LogP contribution is -2.53. The second-order valence-electron chi connectivity index (χ2n) is 7.01. The van der Waals surface area contributed by atoms with Crippen LogP contribution in [0, 0.1) is 5.82 Å². The molecule has 0 radical (unpaired) electrons. The highest BCUT2D eigenvalue weighted by Crippen LogP contribution is 2.23. The third-order valence-corrected chi connectivity index (χ3v) is 6.78. The van der Waals surface area contributed by atoms with Gasteiger partial charge in [0.25, 0.3) is 17.6 Å². The molecule has 154 valence electrons. The number of nitrogens with zero attached hydrogens (tertiary/aromatic N) is 2. The number of hydrogen-bond donors (Lipinski definition) is 1. The molecule has 0 bridgehead atoms. The first kappa shape index (κ1) is 20.6. The van der Waals surface area contributed by atoms with Crippen LogP contribution in [0.3, 0.4) is 0 Å². The number of aromatic amines is 1. The fourth-order valence-corrected chi connectivity index (χ4v) is 4.26. The number of carbonyl (C=O) groups excluding carboxylic acids is 3. The molecule has 1 aliphatic heterocycles. The lowest BCUT2D eigenvalue weighted by atomic mass is 10.0. The number of aromatic nitrogens is 1. The molecule has 1 atom stereocenters. The monoisotopic (exact) mass is 489 g/mol. The molecule has 1 unspecified atom stereocenters. The van der Waals surface area contributed by atoms with Gasteiger partial charge in [0.1, 0.15) is 5.82 Å². The third-order valence-electron chi connectivity index (χ3n) is 5.24. The number of thiocarbonyl (C=S) groups is 1. The van der Waals surface area contributed by atoms with Crippen LogP contribution in [0.5, 0.6) is 0 Å². The van der Waals surface area contributed by atoms with Crippen molar-refractivity contribution in [3.8, 4) is 0 Å². The second-order valence-corrected chi connectivity index (χ2v) is 8.44. The Bertz CT molecular complexity index is 1130. The summed E-state index contributed by atoms with van der Waals surface area (Å²) in [5, 5.41) is 0.111. The highest BCUT2D eigenvalue weighted by atomic mass is 79.9. The average molecular weight is 490 g/mol. The summed E-state index contributed by atoms with van der Waals surface area (Å²) in [4.78, 5) is 44.4. The van der Waals surface area contributed by atoms with Crippen molar-refractivity contribution in [3.63, 3.8) is 0 Å². The number of allylic oxidation sites excluding steroid dienone is 3. The number of carbonyl (C=O) groups is 3. The van der Waals surface area contributed by atoms with Gasteiger partial charge in [-0.3, -0.25) is 14.4 Å². The Morgan fingerprint density at radius 1 is 1.13 bits per heavy atom. The average Bonchev–Trinajstić information content (AvgIpc) is 3.20. The molecule has 0 spiro atoms. The number of ketones is 1. The second kappa shape index (κ2) is 8.23. The molecule has 6 nitrogen and oxygen atoms in total. The van der Waals surface area contributed by atoms with Gasteiger partial charge in [-0.15, -0.1) is 0 Å². The maximum absolute atomic E-state index is 14.2. The number of halogens is 2. The van der Waals surface area contributed by atoms with Gasteiger partial charge in [-0.1, -0.05) is 46.4 Å². The van der Waals surface area contributed by atoms with Gasteiger partial charge in [0.15, 0.2) is 0 Å². The van der Waals surface area contributed by atoms with E-state index >= 15 is 0 Å². The lowest BCUT2D eigenvalue weighted by molar-refractivity contribution is -0.134. The summed E-state index contributed by atoms with van der Waals surface area (Å²) in [6, 6.07) is 4.42. The zero-order valence-corrected chi connectivity index (χ0v) is 18.1. The maximum Gasteiger partial charge on any atom is 0.295 e. The van der Waals surface area contributed by atoms with Crippen LogP contribution in [0.4, 0.5) is 4.39 Å². The number of hydrogen-bond acceptors (Lipinski definition) is 4. The first-order valence-electron chi connectivity index (χ1n) is 9.33. The van der Waals surface area contributed by atoms with Crippen molar-refractivity contribution in [2.24, 2.45) is 0 Å². The quantitative estimate of drug-likeness (QED) is 0.311. The van der Waals surface area contributed by atoms with Gasteiger partial charge >= 0.3 is 0 Å². The van der Waals surface area contributed by atoms with Crippen LogP contribution in [0.2, 0.25) is 0 Å². The third kappa shape index (κ3) is 3.63. The van der Waals surface area contributed by atoms with E-state index in [1.54, 1.807) is 23.1 Å². The summed E-state index contributed by atoms with van der Waals surface area (Å²) in [5.41, 5.74) is 0.927. The van der Waals surface area contributed by atoms with E-state index in [0.29, 0.717) is 16.0 Å². The number of rotatable bonds is 3. The number of Topliss-reactive ketones (excluding diaryl/α,β-unsaturated/α-hetero) is 1. The zero-order chi connectivity index (χ0) is 21.4. The Morgan fingerprint density at radius 3 is 2.57 bits per heavy atom. The molecule has 1 aromatic heterocycles. The van der Waals surface area contributed by atoms with Crippen LogP contribution in [0.1, 0.15) is 10.4 Å². The Balaban J connectivity index is 1.44. The summed E-state index contributed by atoms with van der Waals surface area (Å²) in [6.45, 7) is 1.01. The Kier molecular flexibility index (Phi) is 5.66. The molecule has 1 aromatic carbocycles. The van der Waals surface area contributed by atoms with Crippen LogP contribution in [-0.2, 0) is 9.59 Å². The summed E-state index contributed by atoms with van der Waals surface area (Å²) in [7, 11) is 0. The van der Waals surface area contributed by atoms with E-state index in [1.807, 2.05) is 6.08 Å². The number of alkyl halides is 1. The molecule has 2 amide bonds. The SMILES string of the molecule is O=C(C(=O)N1CCN(C(=O)C2=CC=CC(Br)C2=S)CC1)c1c[nH]c2cccc(F)c12. The molecule has 1 N–H and O–H groups in total. The van der Waals surface area contributed by atoms with Gasteiger partial charge in [0, 0.05) is 48.1 Å². The topological polar surface area (TPSA) is 73.5 Å². The van der Waals surface area contributed by atoms with Crippen molar-refractivity contribution >= 4 is 61.5 Å². The van der Waals surface area contributed by atoms with E-state index in [2.05, 4.69) is 20.9 Å². The molecule has 2 aromatic rings. The van der Waals surface area contributed by atoms with E-state index in [9.17, 15) is 18.8 Å². The van der Waals surface area contributed by atoms with E-state index in [4.69, 9.17) is 12.2 Å². The van der Waals surface area contributed by atoms with Crippen LogP contribution < -0.4 is 0 Å². The van der Waals surface area contributed by atoms with Crippen LogP contribution in [-0.4, -0.2) is 68.3 Å². The van der Waals surface area contributed by atoms with Crippen LogP contribution >= 0.6 is 28.1 Å². The summed E-state index contributed by atoms with van der Waals surface area (Å²) < 4.78 is 14.2. The fraction of sp³-hybridized carbons (Fsp3) is 0.238. The fourth-order valence-electron chi connectivity index (χ4n) is 3.61. The van der Waals surface area contributed by atoms with Gasteiger partial charge in [-0.25, -0.2) is 4.39 Å². The molecule has 9 heteroatoms. The largest absolute Gasteiger partial charge is 0.360 e. The van der Waals surface area contributed by atoms with Crippen molar-refractivity contribution in [1.82, 2.24) is 14.8 Å². The van der Waals surface area contributed by atoms with E-state index in [1.165, 1.54) is 23.2 Å². The van der Waals surface area contributed by atoms with E-state index < -0.39 is 17.5 Å². The van der Waals surface area contributed by atoms with Gasteiger partial charge < -0.3 is 14.8 Å². The molecule has 1 aliphatic carbocycles. The van der Waals surface area contributed by atoms with E-state index in [0.717, 1.165) is 0 Å². The normalized spacial score (nSPS) is 19.2. The first-order chi connectivity index (χ1) is 14.4. The first-order valence-corrected chi connectivity index (χ1v) is 10.7. The van der Waals surface area contributed by atoms with Crippen LogP contribution in [0.15, 0.2) is 48.2 Å².